The molecule has 1 saturated heterocycles. The number of benzene rings is 1. The van der Waals surface area contributed by atoms with E-state index in [9.17, 15) is 14.4 Å². The van der Waals surface area contributed by atoms with E-state index in [4.69, 9.17) is 13.3 Å². The second-order valence-electron chi connectivity index (χ2n) is 7.69. The van der Waals surface area contributed by atoms with E-state index in [0.717, 1.165) is 0 Å². The van der Waals surface area contributed by atoms with E-state index in [1.165, 1.54) is 7.05 Å². The Kier molecular flexibility index (Phi) is 7.24. The average Bonchev–Trinajstić information content (AvgIpc) is 3.18. The number of carbonyl (C=O) groups is 3. The lowest BCUT2D eigenvalue weighted by Crippen LogP contribution is -2.45. The minimum Gasteiger partial charge on any atom is -0.376 e. The molecule has 10 heteroatoms. The molecule has 4 N–H and O–H groups in total. The Bertz CT molecular complexity index is 1040. The number of carbonyl (C=O) groups excluding carboxylic acids is 3. The number of hydrogen-bond acceptors (Lipinski definition) is 6. The third-order valence-electron chi connectivity index (χ3n) is 5.24. The van der Waals surface area contributed by atoms with Crippen LogP contribution in [0.3, 0.4) is 0 Å². The first-order valence-corrected chi connectivity index (χ1v) is 10.3. The number of likely N-dealkylation sites (tertiary alicyclic amines) is 1. The molecule has 0 aliphatic carbocycles. The van der Waals surface area contributed by atoms with E-state index < -0.39 is 11.9 Å². The van der Waals surface area contributed by atoms with Gasteiger partial charge in [0, 0.05) is 24.8 Å². The fourth-order valence-electron chi connectivity index (χ4n) is 3.68. The van der Waals surface area contributed by atoms with Gasteiger partial charge in [-0.15, -0.1) is 0 Å². The number of aromatic nitrogens is 1. The lowest BCUT2D eigenvalue weighted by atomic mass is 10.0. The Balaban J connectivity index is 1.68. The van der Waals surface area contributed by atoms with Crippen LogP contribution in [0.4, 0.5) is 11.5 Å². The van der Waals surface area contributed by atoms with Crippen LogP contribution in [0.5, 0.6) is 0 Å². The smallest absolute Gasteiger partial charge is 0.269 e. The highest BCUT2D eigenvalue weighted by Gasteiger charge is 2.37. The Labute approximate surface area is 187 Å². The van der Waals surface area contributed by atoms with Crippen molar-refractivity contribution < 1.29 is 14.4 Å². The van der Waals surface area contributed by atoms with Crippen LogP contribution in [-0.2, 0) is 14.4 Å². The maximum atomic E-state index is 13.0. The van der Waals surface area contributed by atoms with E-state index in [0.29, 0.717) is 35.6 Å². The van der Waals surface area contributed by atoms with Crippen molar-refractivity contribution in [2.75, 3.05) is 30.8 Å². The summed E-state index contributed by atoms with van der Waals surface area (Å²) in [6.07, 6.45) is 0.539. The molecule has 2 atom stereocenters. The predicted octanol–water partition coefficient (Wildman–Crippen LogP) is 0.277. The first-order chi connectivity index (χ1) is 15.3. The van der Waals surface area contributed by atoms with Gasteiger partial charge in [-0.3, -0.25) is 19.8 Å². The number of nitrogens with zero attached hydrogens (tertiary/aromatic N) is 2. The van der Waals surface area contributed by atoms with Gasteiger partial charge in [-0.1, -0.05) is 37.3 Å². The largest absolute Gasteiger partial charge is 0.376 e. The second-order valence-corrected chi connectivity index (χ2v) is 7.69. The Hall–Kier alpha value is -3.69. The van der Waals surface area contributed by atoms with Crippen molar-refractivity contribution in [3.63, 3.8) is 0 Å². The van der Waals surface area contributed by atoms with Crippen LogP contribution in [-0.4, -0.2) is 67.3 Å². The molecule has 0 spiro atoms. The van der Waals surface area contributed by atoms with Gasteiger partial charge in [-0.05, 0) is 30.1 Å². The van der Waals surface area contributed by atoms with E-state index in [-0.39, 0.29) is 30.0 Å². The van der Waals surface area contributed by atoms with Crippen molar-refractivity contribution in [3.8, 4) is 0 Å². The van der Waals surface area contributed by atoms with Gasteiger partial charge in [0.05, 0.1) is 6.54 Å². The number of pyridine rings is 1. The molecule has 2 heterocycles. The third-order valence-corrected chi connectivity index (χ3v) is 5.24. The van der Waals surface area contributed by atoms with Gasteiger partial charge in [0.15, 0.2) is 0 Å². The third kappa shape index (κ3) is 5.32. The van der Waals surface area contributed by atoms with Gasteiger partial charge < -0.3 is 20.9 Å². The lowest BCUT2D eigenvalue weighted by molar-refractivity contribution is -0.135. The number of hydrogen-bond donors (Lipinski definition) is 4. The molecule has 1 aromatic heterocycles. The zero-order valence-corrected chi connectivity index (χ0v) is 18.0. The van der Waals surface area contributed by atoms with Crippen molar-refractivity contribution in [1.82, 2.24) is 15.2 Å². The number of para-hydroxylation sites is 1. The number of anilines is 2. The van der Waals surface area contributed by atoms with Gasteiger partial charge in [-0.2, -0.15) is 0 Å². The first kappa shape index (κ1) is 23.0. The summed E-state index contributed by atoms with van der Waals surface area (Å²) in [5.74, 6) is -0.594. The van der Waals surface area contributed by atoms with Crippen molar-refractivity contribution >= 4 is 48.4 Å². The topological polar surface area (TPSA) is 127 Å². The highest BCUT2D eigenvalue weighted by Crippen LogP contribution is 2.24. The molecule has 164 valence electrons. The number of likely N-dealkylation sites (N-methyl/N-ethyl adjacent to an activating group) is 1. The highest BCUT2D eigenvalue weighted by molar-refractivity contribution is 6.45. The molecule has 2 aromatic rings. The quantitative estimate of drug-likeness (QED) is 0.369. The molecular weight excluding hydrogens is 407 g/mol. The SMILES string of the molecule is [B]c1cccc(NC(=O)[C@@H]2C[C@H](C)CN2C(=O)CNc2ccccc2C(=N)C(=O)NC)n1. The molecule has 3 rings (SSSR count). The van der Waals surface area contributed by atoms with Crippen LogP contribution in [0.25, 0.3) is 0 Å². The molecule has 9 nitrogen and oxygen atoms in total. The number of amides is 3. The summed E-state index contributed by atoms with van der Waals surface area (Å²) in [7, 11) is 7.12. The van der Waals surface area contributed by atoms with E-state index >= 15 is 0 Å². The number of nitrogens with one attached hydrogen (secondary N) is 4. The van der Waals surface area contributed by atoms with Gasteiger partial charge in [0.25, 0.3) is 5.91 Å². The minimum absolute atomic E-state index is 0.0783. The van der Waals surface area contributed by atoms with Gasteiger partial charge in [-0.25, -0.2) is 4.98 Å². The second kappa shape index (κ2) is 10.1. The molecule has 1 aromatic carbocycles. The minimum atomic E-state index is -0.623. The fraction of sp³-hybridized carbons (Fsp3) is 0.318. The van der Waals surface area contributed by atoms with Crippen molar-refractivity contribution in [2.24, 2.45) is 5.92 Å². The maximum absolute atomic E-state index is 13.0. The summed E-state index contributed by atoms with van der Waals surface area (Å²) in [6.45, 7) is 2.36. The average molecular weight is 432 g/mol. The summed E-state index contributed by atoms with van der Waals surface area (Å²) in [5, 5.41) is 16.2. The molecule has 32 heavy (non-hydrogen) atoms. The lowest BCUT2D eigenvalue weighted by Gasteiger charge is -2.24. The van der Waals surface area contributed by atoms with E-state index in [1.54, 1.807) is 47.4 Å². The first-order valence-electron chi connectivity index (χ1n) is 10.3. The molecular formula is C22H25BN6O3. The van der Waals surface area contributed by atoms with Gasteiger partial charge >= 0.3 is 0 Å². The Morgan fingerprint density at radius 3 is 2.66 bits per heavy atom. The van der Waals surface area contributed by atoms with Crippen LogP contribution in [0.15, 0.2) is 42.5 Å². The van der Waals surface area contributed by atoms with Crippen LogP contribution in [0.2, 0.25) is 0 Å². The molecule has 0 saturated carbocycles. The van der Waals surface area contributed by atoms with Crippen LogP contribution in [0, 0.1) is 11.3 Å². The maximum Gasteiger partial charge on any atom is 0.269 e. The Morgan fingerprint density at radius 1 is 1.19 bits per heavy atom. The summed E-state index contributed by atoms with van der Waals surface area (Å²) >= 11 is 0. The molecule has 1 aliphatic rings. The van der Waals surface area contributed by atoms with Crippen molar-refractivity contribution in [2.45, 2.75) is 19.4 Å². The molecule has 3 amide bonds. The van der Waals surface area contributed by atoms with E-state index in [2.05, 4.69) is 20.9 Å². The molecule has 0 bridgehead atoms. The van der Waals surface area contributed by atoms with Crippen molar-refractivity contribution in [1.29, 1.82) is 5.41 Å². The summed E-state index contributed by atoms with van der Waals surface area (Å²) < 4.78 is 0. The molecule has 0 unspecified atom stereocenters. The van der Waals surface area contributed by atoms with E-state index in [1.807, 2.05) is 6.92 Å². The van der Waals surface area contributed by atoms with Crippen LogP contribution in [0.1, 0.15) is 18.9 Å². The highest BCUT2D eigenvalue weighted by atomic mass is 16.2. The molecule has 1 aliphatic heterocycles. The van der Waals surface area contributed by atoms with Crippen molar-refractivity contribution in [3.05, 3.63) is 48.0 Å². The van der Waals surface area contributed by atoms with Gasteiger partial charge in [0.1, 0.15) is 25.4 Å². The molecule has 2 radical (unpaired) electrons. The standard InChI is InChI=1S/C22H25BN6O3/c1-13-10-16(21(31)28-18-9-5-8-17(23)27-18)29(12-13)19(30)11-26-15-7-4-3-6-14(15)20(24)22(32)25-2/h3-9,13,16,24,26H,10-12H2,1-2H3,(H,25,32)(H,27,28,31)/t13-,16-/m0/s1. The Morgan fingerprint density at radius 2 is 1.94 bits per heavy atom. The molecule has 1 fully saturated rings. The van der Waals surface area contributed by atoms with Crippen LogP contribution >= 0.6 is 0 Å². The monoisotopic (exact) mass is 432 g/mol. The van der Waals surface area contributed by atoms with Crippen LogP contribution < -0.4 is 21.5 Å². The summed E-state index contributed by atoms with van der Waals surface area (Å²) in [5.41, 5.74) is 0.966. The summed E-state index contributed by atoms with van der Waals surface area (Å²) in [4.78, 5) is 43.3. The zero-order chi connectivity index (χ0) is 23.3. The summed E-state index contributed by atoms with van der Waals surface area (Å²) in [6, 6.07) is 11.1. The fourth-order valence-corrected chi connectivity index (χ4v) is 3.68. The predicted molar refractivity (Wildman–Crippen MR) is 123 cm³/mol. The number of rotatable bonds is 7. The normalized spacial score (nSPS) is 17.5. The zero-order valence-electron chi connectivity index (χ0n) is 18.0. The van der Waals surface area contributed by atoms with Gasteiger partial charge in [0.2, 0.25) is 11.8 Å².